The fourth-order valence-corrected chi connectivity index (χ4v) is 3.40. The molecule has 0 amide bonds. The Balaban J connectivity index is 0.00000441. The van der Waals surface area contributed by atoms with Crippen molar-refractivity contribution < 1.29 is 13.2 Å². The average molecular weight is 349 g/mol. The van der Waals surface area contributed by atoms with Gasteiger partial charge in [-0.05, 0) is 24.5 Å². The van der Waals surface area contributed by atoms with Gasteiger partial charge in [-0.1, -0.05) is 32.9 Å². The first-order chi connectivity index (χ1) is 9.80. The maximum Gasteiger partial charge on any atom is 0.240 e. The summed E-state index contributed by atoms with van der Waals surface area (Å²) in [6, 6.07) is 5.80. The van der Waals surface area contributed by atoms with Crippen molar-refractivity contribution in [3.05, 3.63) is 29.8 Å². The van der Waals surface area contributed by atoms with Gasteiger partial charge in [0.25, 0.3) is 0 Å². The van der Waals surface area contributed by atoms with Gasteiger partial charge in [-0.2, -0.15) is 0 Å². The molecule has 1 unspecified atom stereocenters. The molecular weight excluding hydrogens is 324 g/mol. The minimum Gasteiger partial charge on any atom is -0.329 e. The van der Waals surface area contributed by atoms with Crippen LogP contribution in [0.1, 0.15) is 44.0 Å². The van der Waals surface area contributed by atoms with Crippen LogP contribution in [0.25, 0.3) is 0 Å². The van der Waals surface area contributed by atoms with Crippen LogP contribution in [0.2, 0.25) is 0 Å². The molecule has 1 rings (SSSR count). The lowest BCUT2D eigenvalue weighted by Crippen LogP contribution is -2.41. The molecule has 0 fully saturated rings. The van der Waals surface area contributed by atoms with E-state index in [0.29, 0.717) is 24.3 Å². The molecule has 1 aromatic rings. The van der Waals surface area contributed by atoms with Crippen molar-refractivity contribution in [1.29, 1.82) is 0 Å². The number of nitrogens with two attached hydrogens (primary N) is 1. The molecule has 0 saturated carbocycles. The Kier molecular flexibility index (Phi) is 8.85. The van der Waals surface area contributed by atoms with E-state index in [9.17, 15) is 13.2 Å². The molecule has 0 heterocycles. The number of hydrogen-bond donors (Lipinski definition) is 2. The third kappa shape index (κ3) is 6.04. The highest BCUT2D eigenvalue weighted by Crippen LogP contribution is 2.15. The summed E-state index contributed by atoms with van der Waals surface area (Å²) in [6.07, 6.45) is 1.01. The largest absolute Gasteiger partial charge is 0.329 e. The number of carbonyl (C=O) groups is 1. The normalized spacial score (nSPS) is 12.8. The van der Waals surface area contributed by atoms with E-state index < -0.39 is 10.0 Å². The van der Waals surface area contributed by atoms with Gasteiger partial charge in [0.1, 0.15) is 0 Å². The highest BCUT2D eigenvalue weighted by atomic mass is 35.5. The number of rotatable bonds is 8. The molecule has 0 aromatic heterocycles. The molecule has 22 heavy (non-hydrogen) atoms. The second-order valence-electron chi connectivity index (χ2n) is 5.49. The molecule has 1 aromatic carbocycles. The smallest absolute Gasteiger partial charge is 0.240 e. The van der Waals surface area contributed by atoms with Gasteiger partial charge in [-0.15, -0.1) is 12.4 Å². The molecule has 0 aliphatic rings. The van der Waals surface area contributed by atoms with Crippen molar-refractivity contribution in [2.24, 2.45) is 11.7 Å². The van der Waals surface area contributed by atoms with E-state index in [2.05, 4.69) is 4.72 Å². The molecule has 126 valence electrons. The number of carbonyl (C=O) groups excluding carboxylic acids is 1. The van der Waals surface area contributed by atoms with Gasteiger partial charge in [-0.3, -0.25) is 4.79 Å². The van der Waals surface area contributed by atoms with E-state index in [0.717, 1.165) is 0 Å². The van der Waals surface area contributed by atoms with Crippen LogP contribution in [0.5, 0.6) is 0 Å². The Morgan fingerprint density at radius 1 is 1.32 bits per heavy atom. The van der Waals surface area contributed by atoms with Crippen molar-refractivity contribution >= 4 is 28.2 Å². The molecule has 0 radical (unpaired) electrons. The average Bonchev–Trinajstić information content (AvgIpc) is 2.45. The number of halogens is 1. The van der Waals surface area contributed by atoms with Gasteiger partial charge in [0.15, 0.2) is 5.78 Å². The van der Waals surface area contributed by atoms with Gasteiger partial charge in [0.05, 0.1) is 4.90 Å². The molecule has 3 N–H and O–H groups in total. The van der Waals surface area contributed by atoms with Crippen LogP contribution < -0.4 is 10.5 Å². The predicted molar refractivity (Wildman–Crippen MR) is 90.9 cm³/mol. The van der Waals surface area contributed by atoms with E-state index in [1.165, 1.54) is 12.1 Å². The highest BCUT2D eigenvalue weighted by Gasteiger charge is 2.20. The van der Waals surface area contributed by atoms with E-state index in [4.69, 9.17) is 5.73 Å². The fraction of sp³-hybridized carbons (Fsp3) is 0.533. The Morgan fingerprint density at radius 3 is 2.45 bits per heavy atom. The summed E-state index contributed by atoms with van der Waals surface area (Å²) in [6.45, 7) is 6.01. The Morgan fingerprint density at radius 2 is 1.95 bits per heavy atom. The number of sulfonamides is 1. The summed E-state index contributed by atoms with van der Waals surface area (Å²) in [5, 5.41) is 0. The van der Waals surface area contributed by atoms with Crippen LogP contribution in [0.15, 0.2) is 29.2 Å². The third-order valence-corrected chi connectivity index (χ3v) is 4.67. The predicted octanol–water partition coefficient (Wildman–Crippen LogP) is 2.35. The molecule has 0 aliphatic heterocycles. The summed E-state index contributed by atoms with van der Waals surface area (Å²) in [7, 11) is -3.66. The van der Waals surface area contributed by atoms with Crippen LogP contribution in [0.4, 0.5) is 0 Å². The summed E-state index contributed by atoms with van der Waals surface area (Å²) >= 11 is 0. The lowest BCUT2D eigenvalue weighted by molar-refractivity contribution is 0.0988. The monoisotopic (exact) mass is 348 g/mol. The summed E-state index contributed by atoms with van der Waals surface area (Å²) < 4.78 is 27.3. The molecule has 0 aliphatic carbocycles. The SMILES string of the molecule is CCC(=O)c1cccc(S(=O)(=O)NC(CN)CC(C)C)c1.Cl. The lowest BCUT2D eigenvalue weighted by Gasteiger charge is -2.19. The summed E-state index contributed by atoms with van der Waals surface area (Å²) in [5.41, 5.74) is 6.04. The van der Waals surface area contributed by atoms with Crippen molar-refractivity contribution in [2.45, 2.75) is 44.6 Å². The molecule has 7 heteroatoms. The van der Waals surface area contributed by atoms with E-state index in [1.807, 2.05) is 13.8 Å². The molecule has 1 atom stereocenters. The molecular formula is C15H25ClN2O3S. The molecule has 0 bridgehead atoms. The topological polar surface area (TPSA) is 89.3 Å². The number of nitrogens with one attached hydrogen (secondary N) is 1. The van der Waals surface area contributed by atoms with Crippen molar-refractivity contribution in [1.82, 2.24) is 4.72 Å². The quantitative estimate of drug-likeness (QED) is 0.706. The van der Waals surface area contributed by atoms with Crippen LogP contribution >= 0.6 is 12.4 Å². The number of Topliss-reactive ketones (excluding diaryl/α,β-unsaturated/α-hetero) is 1. The second-order valence-corrected chi connectivity index (χ2v) is 7.20. The zero-order valence-corrected chi connectivity index (χ0v) is 14.8. The standard InChI is InChI=1S/C15H24N2O3S.ClH/c1-4-15(18)12-6-5-7-14(9-12)21(19,20)17-13(10-16)8-11(2)3;/h5-7,9,11,13,17H,4,8,10,16H2,1-3H3;1H. The fourth-order valence-electron chi connectivity index (χ4n) is 2.09. The van der Waals surface area contributed by atoms with E-state index >= 15 is 0 Å². The van der Waals surface area contributed by atoms with Crippen molar-refractivity contribution in [2.75, 3.05) is 6.54 Å². The van der Waals surface area contributed by atoms with Gasteiger partial charge in [-0.25, -0.2) is 13.1 Å². The van der Waals surface area contributed by atoms with Crippen molar-refractivity contribution in [3.8, 4) is 0 Å². The van der Waals surface area contributed by atoms with Gasteiger partial charge in [0, 0.05) is 24.6 Å². The van der Waals surface area contributed by atoms with E-state index in [1.54, 1.807) is 19.1 Å². The first-order valence-electron chi connectivity index (χ1n) is 7.15. The van der Waals surface area contributed by atoms with E-state index in [-0.39, 0.29) is 35.7 Å². The van der Waals surface area contributed by atoms with Crippen LogP contribution in [-0.4, -0.2) is 26.8 Å². The molecule has 0 saturated heterocycles. The maximum atomic E-state index is 12.4. The molecule has 0 spiro atoms. The number of hydrogen-bond acceptors (Lipinski definition) is 4. The van der Waals surface area contributed by atoms with Gasteiger partial charge >= 0.3 is 0 Å². The first kappa shape index (κ1) is 21.0. The maximum absolute atomic E-state index is 12.4. The summed E-state index contributed by atoms with van der Waals surface area (Å²) in [4.78, 5) is 11.8. The number of benzene rings is 1. The number of ketones is 1. The molecule has 5 nitrogen and oxygen atoms in total. The minimum atomic E-state index is -3.66. The minimum absolute atomic E-state index is 0. The van der Waals surface area contributed by atoms with Crippen LogP contribution in [-0.2, 0) is 10.0 Å². The zero-order valence-electron chi connectivity index (χ0n) is 13.2. The lowest BCUT2D eigenvalue weighted by atomic mass is 10.1. The highest BCUT2D eigenvalue weighted by molar-refractivity contribution is 7.89. The van der Waals surface area contributed by atoms with Crippen LogP contribution in [0.3, 0.4) is 0 Å². The Labute approximate surface area is 139 Å². The first-order valence-corrected chi connectivity index (χ1v) is 8.64. The van der Waals surface area contributed by atoms with Crippen LogP contribution in [0, 0.1) is 5.92 Å². The Hall–Kier alpha value is -0.950. The zero-order chi connectivity index (χ0) is 16.0. The van der Waals surface area contributed by atoms with Crippen molar-refractivity contribution in [3.63, 3.8) is 0 Å². The third-order valence-electron chi connectivity index (χ3n) is 3.15. The second kappa shape index (κ2) is 9.25. The van der Waals surface area contributed by atoms with Gasteiger partial charge in [0.2, 0.25) is 10.0 Å². The Bertz CT molecular complexity index is 588. The van der Waals surface area contributed by atoms with Gasteiger partial charge < -0.3 is 5.73 Å². The summed E-state index contributed by atoms with van der Waals surface area (Å²) in [5.74, 6) is 0.263.